The lowest BCUT2D eigenvalue weighted by atomic mass is 10.1. The fourth-order valence-electron chi connectivity index (χ4n) is 2.27. The Kier molecular flexibility index (Phi) is 3.02. The molecule has 1 aromatic carbocycles. The van der Waals surface area contributed by atoms with Gasteiger partial charge < -0.3 is 14.0 Å². The lowest BCUT2D eigenvalue weighted by Crippen LogP contribution is -2.37. The van der Waals surface area contributed by atoms with Crippen molar-refractivity contribution in [3.05, 3.63) is 28.2 Å². The molecule has 0 bridgehead atoms. The third-order valence-electron chi connectivity index (χ3n) is 3.54. The Bertz CT molecular complexity index is 799. The van der Waals surface area contributed by atoms with Gasteiger partial charge in [0.05, 0.1) is 17.0 Å². The highest BCUT2D eigenvalue weighted by molar-refractivity contribution is 5.84. The zero-order chi connectivity index (χ0) is 15.1. The normalized spacial score (nSPS) is 14.2. The first-order chi connectivity index (χ1) is 10.0. The van der Waals surface area contributed by atoms with Gasteiger partial charge in [-0.25, -0.2) is 10.8 Å². The van der Waals surface area contributed by atoms with Gasteiger partial charge in [0.2, 0.25) is 12.7 Å². The van der Waals surface area contributed by atoms with Gasteiger partial charge in [-0.05, 0) is 6.92 Å². The van der Waals surface area contributed by atoms with Crippen LogP contribution in [0.2, 0.25) is 0 Å². The van der Waals surface area contributed by atoms with Gasteiger partial charge in [0.1, 0.15) is 5.69 Å². The quantitative estimate of drug-likeness (QED) is 0.449. The van der Waals surface area contributed by atoms with Crippen molar-refractivity contribution in [1.82, 2.24) is 15.0 Å². The molecule has 0 saturated heterocycles. The van der Waals surface area contributed by atoms with Crippen LogP contribution in [0.4, 0.5) is 0 Å². The highest BCUT2D eigenvalue weighted by atomic mass is 16.7. The van der Waals surface area contributed by atoms with Gasteiger partial charge in [-0.2, -0.15) is 0 Å². The molecular formula is C13H14N4O4. The molecule has 0 saturated carbocycles. The van der Waals surface area contributed by atoms with E-state index in [4.69, 9.17) is 15.3 Å². The number of amides is 1. The van der Waals surface area contributed by atoms with Crippen LogP contribution >= 0.6 is 0 Å². The number of rotatable bonds is 2. The van der Waals surface area contributed by atoms with Crippen LogP contribution in [-0.2, 0) is 11.8 Å². The van der Waals surface area contributed by atoms with Crippen molar-refractivity contribution >= 4 is 16.9 Å². The summed E-state index contributed by atoms with van der Waals surface area (Å²) in [6.45, 7) is 1.71. The number of nitrogens with one attached hydrogen (secondary N) is 1. The number of fused-ring (bicyclic) bond motifs is 2. The Morgan fingerprint density at radius 2 is 2.10 bits per heavy atom. The van der Waals surface area contributed by atoms with Crippen LogP contribution in [0.15, 0.2) is 16.9 Å². The molecule has 8 nitrogen and oxygen atoms in total. The predicted molar refractivity (Wildman–Crippen MR) is 73.9 cm³/mol. The van der Waals surface area contributed by atoms with Crippen LogP contribution in [0.5, 0.6) is 11.5 Å². The molecule has 1 aliphatic heterocycles. The van der Waals surface area contributed by atoms with Crippen LogP contribution < -0.4 is 26.3 Å². The van der Waals surface area contributed by atoms with Crippen molar-refractivity contribution in [1.29, 1.82) is 0 Å². The first-order valence-corrected chi connectivity index (χ1v) is 6.33. The highest BCUT2D eigenvalue weighted by Gasteiger charge is 2.23. The average Bonchev–Trinajstić information content (AvgIpc) is 2.95. The van der Waals surface area contributed by atoms with E-state index in [1.165, 1.54) is 4.57 Å². The molecule has 0 aliphatic carbocycles. The van der Waals surface area contributed by atoms with Gasteiger partial charge in [0.25, 0.3) is 5.56 Å². The van der Waals surface area contributed by atoms with Crippen molar-refractivity contribution in [2.45, 2.75) is 12.8 Å². The molecule has 21 heavy (non-hydrogen) atoms. The van der Waals surface area contributed by atoms with Gasteiger partial charge in [0, 0.05) is 19.2 Å². The number of aryl methyl sites for hydroxylation is 1. The van der Waals surface area contributed by atoms with E-state index in [9.17, 15) is 9.59 Å². The fraction of sp³-hybridized carbons (Fsp3) is 0.308. The molecule has 1 unspecified atom stereocenters. The van der Waals surface area contributed by atoms with Crippen molar-refractivity contribution in [3.63, 3.8) is 0 Å². The maximum Gasteiger partial charge on any atom is 0.273 e. The largest absolute Gasteiger partial charge is 0.454 e. The zero-order valence-corrected chi connectivity index (χ0v) is 11.5. The molecule has 0 radical (unpaired) electrons. The summed E-state index contributed by atoms with van der Waals surface area (Å²) in [6, 6.07) is 3.39. The summed E-state index contributed by atoms with van der Waals surface area (Å²) in [5.41, 5.74) is 2.96. The van der Waals surface area contributed by atoms with Gasteiger partial charge in [-0.3, -0.25) is 15.0 Å². The van der Waals surface area contributed by atoms with E-state index < -0.39 is 11.8 Å². The monoisotopic (exact) mass is 290 g/mol. The summed E-state index contributed by atoms with van der Waals surface area (Å²) in [5, 5.41) is 0. The van der Waals surface area contributed by atoms with E-state index in [2.05, 4.69) is 4.98 Å². The minimum absolute atomic E-state index is 0.131. The Morgan fingerprint density at radius 1 is 1.43 bits per heavy atom. The third-order valence-corrected chi connectivity index (χ3v) is 3.54. The maximum absolute atomic E-state index is 12.4. The number of nitrogens with two attached hydrogens (primary N) is 1. The van der Waals surface area contributed by atoms with Crippen molar-refractivity contribution in [2.24, 2.45) is 12.9 Å². The maximum atomic E-state index is 12.4. The van der Waals surface area contributed by atoms with Crippen LogP contribution in [-0.4, -0.2) is 22.3 Å². The van der Waals surface area contributed by atoms with Gasteiger partial charge in [-0.15, -0.1) is 0 Å². The summed E-state index contributed by atoms with van der Waals surface area (Å²) in [6.07, 6.45) is 0. The number of benzene rings is 1. The van der Waals surface area contributed by atoms with E-state index in [-0.39, 0.29) is 18.0 Å². The second-order valence-electron chi connectivity index (χ2n) is 4.79. The van der Waals surface area contributed by atoms with Crippen molar-refractivity contribution in [2.75, 3.05) is 6.79 Å². The molecule has 1 atom stereocenters. The molecule has 8 heteroatoms. The predicted octanol–water partition coefficient (Wildman–Crippen LogP) is -0.244. The van der Waals surface area contributed by atoms with E-state index in [0.29, 0.717) is 22.5 Å². The first-order valence-electron chi connectivity index (χ1n) is 6.33. The summed E-state index contributed by atoms with van der Waals surface area (Å²) in [7, 11) is 1.62. The smallest absolute Gasteiger partial charge is 0.273 e. The van der Waals surface area contributed by atoms with E-state index >= 15 is 0 Å². The first kappa shape index (κ1) is 13.4. The SMILES string of the molecule is CC(C(=O)NN)c1nc2cc3c(cc2n(C)c1=O)OCO3. The summed E-state index contributed by atoms with van der Waals surface area (Å²) < 4.78 is 12.0. The molecule has 110 valence electrons. The lowest BCUT2D eigenvalue weighted by Gasteiger charge is -2.12. The number of hydrogen-bond acceptors (Lipinski definition) is 6. The topological polar surface area (TPSA) is 108 Å². The Hall–Kier alpha value is -2.61. The van der Waals surface area contributed by atoms with E-state index in [1.54, 1.807) is 26.1 Å². The standard InChI is InChI=1S/C13H14N4O4/c1-6(12(18)16-14)11-13(19)17(2)8-4-10-9(20-5-21-10)3-7(8)15-11/h3-4,6H,5,14H2,1-2H3,(H,16,18). The number of carbonyl (C=O) groups excluding carboxylic acids is 1. The van der Waals surface area contributed by atoms with E-state index in [0.717, 1.165) is 0 Å². The second kappa shape index (κ2) is 4.74. The Morgan fingerprint density at radius 3 is 2.76 bits per heavy atom. The highest BCUT2D eigenvalue weighted by Crippen LogP contribution is 2.35. The van der Waals surface area contributed by atoms with Crippen LogP contribution in [0, 0.1) is 0 Å². The number of ether oxygens (including phenoxy) is 2. The molecule has 3 N–H and O–H groups in total. The molecule has 1 aromatic heterocycles. The number of hydrogen-bond donors (Lipinski definition) is 2. The van der Waals surface area contributed by atoms with Gasteiger partial charge in [-0.1, -0.05) is 0 Å². The minimum Gasteiger partial charge on any atom is -0.454 e. The number of nitrogens with zero attached hydrogens (tertiary/aromatic N) is 2. The molecule has 2 aromatic rings. The average molecular weight is 290 g/mol. The van der Waals surface area contributed by atoms with Crippen LogP contribution in [0.1, 0.15) is 18.5 Å². The van der Waals surface area contributed by atoms with E-state index in [1.807, 2.05) is 5.43 Å². The minimum atomic E-state index is -0.747. The van der Waals surface area contributed by atoms with Gasteiger partial charge in [0.15, 0.2) is 11.5 Å². The summed E-state index contributed by atoms with van der Waals surface area (Å²) >= 11 is 0. The third kappa shape index (κ3) is 2.00. The summed E-state index contributed by atoms with van der Waals surface area (Å²) in [4.78, 5) is 28.3. The molecule has 0 fully saturated rings. The Labute approximate surface area is 119 Å². The Balaban J connectivity index is 2.24. The number of carbonyl (C=O) groups is 1. The molecule has 3 rings (SSSR count). The zero-order valence-electron chi connectivity index (χ0n) is 11.5. The molecule has 1 aliphatic rings. The summed E-state index contributed by atoms with van der Waals surface area (Å²) in [5.74, 6) is 5.03. The van der Waals surface area contributed by atoms with Crippen LogP contribution in [0.3, 0.4) is 0 Å². The second-order valence-corrected chi connectivity index (χ2v) is 4.79. The van der Waals surface area contributed by atoms with Crippen LogP contribution in [0.25, 0.3) is 11.0 Å². The molecular weight excluding hydrogens is 276 g/mol. The van der Waals surface area contributed by atoms with Crippen molar-refractivity contribution < 1.29 is 14.3 Å². The molecule has 2 heterocycles. The van der Waals surface area contributed by atoms with Crippen molar-refractivity contribution in [3.8, 4) is 11.5 Å². The molecule has 1 amide bonds. The molecule has 0 spiro atoms. The fourth-order valence-corrected chi connectivity index (χ4v) is 2.27. The number of aromatic nitrogens is 2. The lowest BCUT2D eigenvalue weighted by molar-refractivity contribution is -0.122. The number of hydrazine groups is 1. The van der Waals surface area contributed by atoms with Gasteiger partial charge >= 0.3 is 0 Å².